The van der Waals surface area contributed by atoms with Gasteiger partial charge in [-0.3, -0.25) is 9.59 Å². The van der Waals surface area contributed by atoms with Crippen LogP contribution in [0, 0.1) is 6.92 Å². The van der Waals surface area contributed by atoms with E-state index in [0.717, 1.165) is 12.1 Å². The number of carbonyl (C=O) groups excluding carboxylic acids is 2. The van der Waals surface area contributed by atoms with Crippen molar-refractivity contribution in [2.75, 3.05) is 34.3 Å². The van der Waals surface area contributed by atoms with Crippen LogP contribution in [0.5, 0.6) is 5.75 Å². The van der Waals surface area contributed by atoms with Crippen LogP contribution in [0.25, 0.3) is 5.76 Å². The van der Waals surface area contributed by atoms with Crippen molar-refractivity contribution in [3.05, 3.63) is 68.7 Å². The highest BCUT2D eigenvalue weighted by molar-refractivity contribution is 6.47. The van der Waals surface area contributed by atoms with E-state index in [0.29, 0.717) is 39.9 Å². The Kier molecular flexibility index (Phi) is 7.49. The van der Waals surface area contributed by atoms with Crippen LogP contribution in [0.15, 0.2) is 42.0 Å². The molecule has 1 fully saturated rings. The van der Waals surface area contributed by atoms with Crippen molar-refractivity contribution in [1.29, 1.82) is 0 Å². The number of hydrogen-bond donors (Lipinski definition) is 1. The number of hydrogen-bond acceptors (Lipinski definition) is 5. The van der Waals surface area contributed by atoms with E-state index in [-0.39, 0.29) is 11.3 Å². The van der Waals surface area contributed by atoms with Gasteiger partial charge < -0.3 is 19.6 Å². The molecular formula is C24H26Cl2N2O4. The van der Waals surface area contributed by atoms with Crippen molar-refractivity contribution in [2.24, 2.45) is 0 Å². The van der Waals surface area contributed by atoms with Gasteiger partial charge in [-0.2, -0.15) is 0 Å². The molecule has 32 heavy (non-hydrogen) atoms. The molecule has 6 nitrogen and oxygen atoms in total. The average molecular weight is 477 g/mol. The maximum absolute atomic E-state index is 13.1. The lowest BCUT2D eigenvalue weighted by atomic mass is 9.94. The minimum atomic E-state index is -0.815. The Labute approximate surface area is 198 Å². The molecule has 1 aliphatic rings. The van der Waals surface area contributed by atoms with Gasteiger partial charge in [0.05, 0.1) is 18.7 Å². The zero-order valence-electron chi connectivity index (χ0n) is 18.5. The van der Waals surface area contributed by atoms with Gasteiger partial charge in [-0.15, -0.1) is 0 Å². The molecule has 0 aromatic heterocycles. The topological polar surface area (TPSA) is 70.1 Å². The number of amides is 1. The second-order valence-corrected chi connectivity index (χ2v) is 8.84. The summed E-state index contributed by atoms with van der Waals surface area (Å²) in [5.74, 6) is -0.994. The minimum absolute atomic E-state index is 0.00800. The minimum Gasteiger partial charge on any atom is -0.507 e. The van der Waals surface area contributed by atoms with Crippen molar-refractivity contribution >= 4 is 40.7 Å². The van der Waals surface area contributed by atoms with Crippen LogP contribution < -0.4 is 4.74 Å². The number of likely N-dealkylation sites (tertiary alicyclic amines) is 1. The quantitative estimate of drug-likeness (QED) is 0.356. The van der Waals surface area contributed by atoms with Crippen LogP contribution in [0.3, 0.4) is 0 Å². The molecule has 0 saturated carbocycles. The SMILES string of the molecule is COc1ccc(/C(O)=C2\C(=O)C(=O)N(CCCN(C)C)C2c2ccc(Cl)cc2Cl)cc1C. The Morgan fingerprint density at radius 3 is 2.47 bits per heavy atom. The third-order valence-electron chi connectivity index (χ3n) is 5.47. The lowest BCUT2D eigenvalue weighted by molar-refractivity contribution is -0.139. The van der Waals surface area contributed by atoms with Crippen molar-refractivity contribution in [3.63, 3.8) is 0 Å². The summed E-state index contributed by atoms with van der Waals surface area (Å²) >= 11 is 12.5. The van der Waals surface area contributed by atoms with Gasteiger partial charge in [0.25, 0.3) is 11.7 Å². The summed E-state index contributed by atoms with van der Waals surface area (Å²) in [4.78, 5) is 29.5. The summed E-state index contributed by atoms with van der Waals surface area (Å²) in [5, 5.41) is 11.9. The van der Waals surface area contributed by atoms with E-state index in [4.69, 9.17) is 27.9 Å². The maximum Gasteiger partial charge on any atom is 0.295 e. The second kappa shape index (κ2) is 9.94. The lowest BCUT2D eigenvalue weighted by Crippen LogP contribution is -2.32. The highest BCUT2D eigenvalue weighted by Crippen LogP contribution is 2.42. The largest absolute Gasteiger partial charge is 0.507 e. The third kappa shape index (κ3) is 4.77. The number of methoxy groups -OCH3 is 1. The standard InChI is InChI=1S/C24H26Cl2N2O4/c1-14-12-15(6-9-19(14)32-4)22(29)20-21(17-8-7-16(25)13-18(17)26)28(24(31)23(20)30)11-5-10-27(2)3/h6-9,12-13,21,29H,5,10-11H2,1-4H3/b22-20+. The number of carbonyl (C=O) groups is 2. The van der Waals surface area contributed by atoms with E-state index in [1.807, 2.05) is 25.9 Å². The number of rotatable bonds is 7. The number of ketones is 1. The molecule has 0 aliphatic carbocycles. The first-order valence-corrected chi connectivity index (χ1v) is 10.9. The molecule has 2 aromatic rings. The molecule has 1 N–H and O–H groups in total. The molecule has 1 atom stereocenters. The number of nitrogens with zero attached hydrogens (tertiary/aromatic N) is 2. The first-order valence-electron chi connectivity index (χ1n) is 10.2. The van der Waals surface area contributed by atoms with Crippen LogP contribution in [0.4, 0.5) is 0 Å². The number of benzene rings is 2. The Morgan fingerprint density at radius 2 is 1.88 bits per heavy atom. The highest BCUT2D eigenvalue weighted by Gasteiger charge is 2.46. The fourth-order valence-corrected chi connectivity index (χ4v) is 4.41. The molecule has 8 heteroatoms. The molecule has 1 saturated heterocycles. The molecule has 3 rings (SSSR count). The molecule has 0 bridgehead atoms. The van der Waals surface area contributed by atoms with Crippen LogP contribution >= 0.6 is 23.2 Å². The highest BCUT2D eigenvalue weighted by atomic mass is 35.5. The monoisotopic (exact) mass is 476 g/mol. The number of aliphatic hydroxyl groups is 1. The molecule has 0 radical (unpaired) electrons. The Morgan fingerprint density at radius 1 is 1.16 bits per heavy atom. The van der Waals surface area contributed by atoms with Crippen LogP contribution in [-0.4, -0.2) is 60.9 Å². The van der Waals surface area contributed by atoms with Gasteiger partial charge in [-0.1, -0.05) is 29.3 Å². The van der Waals surface area contributed by atoms with E-state index >= 15 is 0 Å². The van der Waals surface area contributed by atoms with E-state index in [1.54, 1.807) is 43.5 Å². The van der Waals surface area contributed by atoms with Gasteiger partial charge in [-0.25, -0.2) is 0 Å². The van der Waals surface area contributed by atoms with Crippen molar-refractivity contribution < 1.29 is 19.4 Å². The fourth-order valence-electron chi connectivity index (χ4n) is 3.90. The zero-order chi connectivity index (χ0) is 23.6. The molecule has 170 valence electrons. The van der Waals surface area contributed by atoms with Gasteiger partial charge in [-0.05, 0) is 75.4 Å². The zero-order valence-corrected chi connectivity index (χ0v) is 20.0. The predicted molar refractivity (Wildman–Crippen MR) is 126 cm³/mol. The van der Waals surface area contributed by atoms with E-state index in [1.165, 1.54) is 4.90 Å². The summed E-state index contributed by atoms with van der Waals surface area (Å²) in [7, 11) is 5.44. The first kappa shape index (κ1) is 24.1. The fraction of sp³-hybridized carbons (Fsp3) is 0.333. The Hall–Kier alpha value is -2.54. The summed E-state index contributed by atoms with van der Waals surface area (Å²) in [5.41, 5.74) is 1.75. The van der Waals surface area contributed by atoms with Crippen molar-refractivity contribution in [2.45, 2.75) is 19.4 Å². The third-order valence-corrected chi connectivity index (χ3v) is 6.03. The summed E-state index contributed by atoms with van der Waals surface area (Å²) in [6.07, 6.45) is 0.656. The Balaban J connectivity index is 2.15. The van der Waals surface area contributed by atoms with Gasteiger partial charge in [0.1, 0.15) is 11.5 Å². The molecule has 1 heterocycles. The van der Waals surface area contributed by atoms with Gasteiger partial charge in [0.2, 0.25) is 0 Å². The first-order chi connectivity index (χ1) is 15.1. The van der Waals surface area contributed by atoms with Gasteiger partial charge >= 0.3 is 0 Å². The second-order valence-electron chi connectivity index (χ2n) is 8.00. The maximum atomic E-state index is 13.1. The molecule has 2 aromatic carbocycles. The van der Waals surface area contributed by atoms with Gasteiger partial charge in [0.15, 0.2) is 0 Å². The number of aliphatic hydroxyl groups excluding tert-OH is 1. The van der Waals surface area contributed by atoms with Gasteiger partial charge in [0, 0.05) is 22.2 Å². The van der Waals surface area contributed by atoms with Crippen molar-refractivity contribution in [3.8, 4) is 5.75 Å². The average Bonchev–Trinajstić information content (AvgIpc) is 2.98. The normalized spacial score (nSPS) is 18.0. The number of Topliss-reactive ketones (excluding diaryl/α,β-unsaturated/α-hetero) is 1. The van der Waals surface area contributed by atoms with Crippen LogP contribution in [0.2, 0.25) is 10.0 Å². The predicted octanol–water partition coefficient (Wildman–Crippen LogP) is 4.68. The number of ether oxygens (including phenoxy) is 1. The molecule has 0 spiro atoms. The number of aryl methyl sites for hydroxylation is 1. The molecule has 1 unspecified atom stereocenters. The molecule has 1 aliphatic heterocycles. The lowest BCUT2D eigenvalue weighted by Gasteiger charge is -2.26. The van der Waals surface area contributed by atoms with Crippen LogP contribution in [0.1, 0.15) is 29.2 Å². The van der Waals surface area contributed by atoms with E-state index < -0.39 is 17.7 Å². The summed E-state index contributed by atoms with van der Waals surface area (Å²) < 4.78 is 5.28. The number of halogens is 2. The molecular weight excluding hydrogens is 451 g/mol. The van der Waals surface area contributed by atoms with Crippen molar-refractivity contribution in [1.82, 2.24) is 9.80 Å². The summed E-state index contributed by atoms with van der Waals surface area (Å²) in [6, 6.07) is 9.17. The van der Waals surface area contributed by atoms with E-state index in [9.17, 15) is 14.7 Å². The van der Waals surface area contributed by atoms with Crippen LogP contribution in [-0.2, 0) is 9.59 Å². The Bertz CT molecular complexity index is 1080. The smallest absolute Gasteiger partial charge is 0.295 e. The summed E-state index contributed by atoms with van der Waals surface area (Å²) in [6.45, 7) is 2.91. The molecule has 1 amide bonds. The van der Waals surface area contributed by atoms with E-state index in [2.05, 4.69) is 0 Å².